The minimum atomic E-state index is 0.00875. The summed E-state index contributed by atoms with van der Waals surface area (Å²) in [6.45, 7) is 1.54. The number of nitriles is 2. The Labute approximate surface area is 166 Å². The number of Topliss-reactive ketones (excluding diaryl/α,β-unsaturated/α-hetero) is 1. The fourth-order valence-corrected chi connectivity index (χ4v) is 4.17. The molecule has 3 rings (SSSR count). The lowest BCUT2D eigenvalue weighted by Gasteiger charge is -2.22. The Hall–Kier alpha value is -3.11. The van der Waals surface area contributed by atoms with E-state index in [1.165, 1.54) is 19.8 Å². The van der Waals surface area contributed by atoms with Crippen LogP contribution in [0.4, 0.5) is 5.69 Å². The Morgan fingerprint density at radius 3 is 1.93 bits per heavy atom. The van der Waals surface area contributed by atoms with E-state index in [2.05, 4.69) is 12.1 Å². The van der Waals surface area contributed by atoms with Crippen LogP contribution in [-0.4, -0.2) is 5.78 Å². The average Bonchev–Trinajstić information content (AvgIpc) is 2.71. The second kappa shape index (κ2) is 8.72. The second-order valence-electron chi connectivity index (χ2n) is 7.47. The topological polar surface area (TPSA) is 90.7 Å². The number of carbonyl (C=O) groups is 1. The molecule has 0 fully saturated rings. The molecule has 1 aliphatic rings. The molecule has 0 saturated carbocycles. The molecule has 0 aliphatic heterocycles. The Kier molecular flexibility index (Phi) is 6.12. The third-order valence-corrected chi connectivity index (χ3v) is 5.66. The lowest BCUT2D eigenvalue weighted by molar-refractivity contribution is 0.101. The number of fused-ring (bicyclic) bond motifs is 1. The van der Waals surface area contributed by atoms with Crippen molar-refractivity contribution in [2.24, 2.45) is 0 Å². The largest absolute Gasteiger partial charge is 0.397 e. The highest BCUT2D eigenvalue weighted by atomic mass is 16.1. The van der Waals surface area contributed by atoms with Crippen LogP contribution in [0.25, 0.3) is 11.1 Å². The van der Waals surface area contributed by atoms with E-state index >= 15 is 0 Å². The van der Waals surface area contributed by atoms with Gasteiger partial charge in [-0.05, 0) is 49.3 Å². The first-order valence-corrected chi connectivity index (χ1v) is 9.97. The number of carbonyl (C=O) groups excluding carboxylic acids is 1. The van der Waals surface area contributed by atoms with E-state index in [1.54, 1.807) is 12.1 Å². The van der Waals surface area contributed by atoms with Crippen molar-refractivity contribution in [1.29, 1.82) is 10.5 Å². The molecular formula is C24H25N3O. The Morgan fingerprint density at radius 1 is 0.857 bits per heavy atom. The van der Waals surface area contributed by atoms with Crippen LogP contribution in [0, 0.1) is 22.7 Å². The smallest absolute Gasteiger partial charge is 0.159 e. The molecular weight excluding hydrogens is 346 g/mol. The van der Waals surface area contributed by atoms with Gasteiger partial charge in [0.15, 0.2) is 5.78 Å². The molecule has 2 aromatic rings. The van der Waals surface area contributed by atoms with E-state index < -0.39 is 0 Å². The summed E-state index contributed by atoms with van der Waals surface area (Å²) < 4.78 is 0. The van der Waals surface area contributed by atoms with Crippen molar-refractivity contribution < 1.29 is 4.79 Å². The lowest BCUT2D eigenvalue weighted by Crippen LogP contribution is -2.10. The fraction of sp³-hybridized carbons (Fsp3) is 0.375. The van der Waals surface area contributed by atoms with E-state index in [1.807, 2.05) is 12.1 Å². The molecule has 0 amide bonds. The van der Waals surface area contributed by atoms with Crippen LogP contribution in [0.3, 0.4) is 0 Å². The standard InChI is InChI=1S/C24H25N3O/c1-16(28)17-10-12-18(13-11-17)23-20-9-7-5-3-2-4-6-8-19(20)21(14-25)24(27)22(23)15-26/h10-13H,2-9,27H2,1H3. The van der Waals surface area contributed by atoms with Crippen molar-refractivity contribution in [2.45, 2.75) is 58.3 Å². The number of ketones is 1. The molecule has 0 saturated heterocycles. The van der Waals surface area contributed by atoms with Crippen molar-refractivity contribution in [3.63, 3.8) is 0 Å². The molecule has 4 nitrogen and oxygen atoms in total. The summed E-state index contributed by atoms with van der Waals surface area (Å²) in [7, 11) is 0. The highest BCUT2D eigenvalue weighted by Gasteiger charge is 2.23. The number of nitrogen functional groups attached to an aromatic ring is 1. The molecule has 2 aromatic carbocycles. The van der Waals surface area contributed by atoms with E-state index in [0.29, 0.717) is 16.7 Å². The zero-order chi connectivity index (χ0) is 20.1. The number of hydrogen-bond acceptors (Lipinski definition) is 4. The van der Waals surface area contributed by atoms with Crippen LogP contribution in [0.15, 0.2) is 24.3 Å². The maximum Gasteiger partial charge on any atom is 0.159 e. The summed E-state index contributed by atoms with van der Waals surface area (Å²) in [5, 5.41) is 19.6. The lowest BCUT2D eigenvalue weighted by atomic mass is 9.82. The van der Waals surface area contributed by atoms with Gasteiger partial charge in [-0.15, -0.1) is 0 Å². The van der Waals surface area contributed by atoms with Gasteiger partial charge >= 0.3 is 0 Å². The quantitative estimate of drug-likeness (QED) is 0.571. The third kappa shape index (κ3) is 3.78. The van der Waals surface area contributed by atoms with E-state index in [0.717, 1.165) is 60.8 Å². The van der Waals surface area contributed by atoms with E-state index in [4.69, 9.17) is 5.73 Å². The molecule has 0 heterocycles. The van der Waals surface area contributed by atoms with Gasteiger partial charge in [0.1, 0.15) is 12.1 Å². The van der Waals surface area contributed by atoms with Gasteiger partial charge < -0.3 is 5.73 Å². The molecule has 142 valence electrons. The van der Waals surface area contributed by atoms with Crippen molar-refractivity contribution in [2.75, 3.05) is 5.73 Å². The SMILES string of the molecule is CC(=O)c1ccc(-c2c(C#N)c(N)c(C#N)c3c2CCCCCCCC3)cc1. The summed E-state index contributed by atoms with van der Waals surface area (Å²) in [6, 6.07) is 11.9. The van der Waals surface area contributed by atoms with Crippen molar-refractivity contribution in [3.05, 3.63) is 52.1 Å². The fourth-order valence-electron chi connectivity index (χ4n) is 4.17. The monoisotopic (exact) mass is 371 g/mol. The minimum Gasteiger partial charge on any atom is -0.397 e. The van der Waals surface area contributed by atoms with Crippen LogP contribution >= 0.6 is 0 Å². The molecule has 0 radical (unpaired) electrons. The molecule has 1 aliphatic carbocycles. The summed E-state index contributed by atoms with van der Waals surface area (Å²) in [4.78, 5) is 11.6. The highest BCUT2D eigenvalue weighted by Crippen LogP contribution is 2.39. The normalized spacial score (nSPS) is 14.4. The first-order valence-electron chi connectivity index (χ1n) is 9.97. The minimum absolute atomic E-state index is 0.00875. The predicted octanol–water partition coefficient (Wildman–Crippen LogP) is 5.32. The highest BCUT2D eigenvalue weighted by molar-refractivity contribution is 5.95. The number of nitrogens with zero attached hydrogens (tertiary/aromatic N) is 2. The van der Waals surface area contributed by atoms with Crippen LogP contribution in [0.2, 0.25) is 0 Å². The Bertz CT molecular complexity index is 975. The van der Waals surface area contributed by atoms with Crippen LogP contribution < -0.4 is 5.73 Å². The molecule has 0 bridgehead atoms. The molecule has 0 atom stereocenters. The summed E-state index contributed by atoms with van der Waals surface area (Å²) in [6.07, 6.45) is 8.45. The van der Waals surface area contributed by atoms with Gasteiger partial charge in [0.05, 0.1) is 16.8 Å². The maximum absolute atomic E-state index is 11.6. The molecule has 28 heavy (non-hydrogen) atoms. The number of nitrogens with two attached hydrogens (primary N) is 1. The third-order valence-electron chi connectivity index (χ3n) is 5.66. The second-order valence-corrected chi connectivity index (χ2v) is 7.47. The summed E-state index contributed by atoms with van der Waals surface area (Å²) >= 11 is 0. The number of hydrogen-bond donors (Lipinski definition) is 1. The van der Waals surface area contributed by atoms with Gasteiger partial charge in [-0.2, -0.15) is 10.5 Å². The first-order chi connectivity index (χ1) is 13.6. The van der Waals surface area contributed by atoms with E-state index in [9.17, 15) is 15.3 Å². The zero-order valence-electron chi connectivity index (χ0n) is 16.3. The van der Waals surface area contributed by atoms with Gasteiger partial charge in [-0.3, -0.25) is 4.79 Å². The summed E-state index contributed by atoms with van der Waals surface area (Å²) in [5.74, 6) is 0.00875. The van der Waals surface area contributed by atoms with Gasteiger partial charge in [-0.25, -0.2) is 0 Å². The number of anilines is 1. The molecule has 2 N–H and O–H groups in total. The van der Waals surface area contributed by atoms with Gasteiger partial charge in [0.25, 0.3) is 0 Å². The average molecular weight is 371 g/mol. The molecule has 0 unspecified atom stereocenters. The predicted molar refractivity (Wildman–Crippen MR) is 111 cm³/mol. The Balaban J connectivity index is 2.27. The molecule has 4 heteroatoms. The van der Waals surface area contributed by atoms with Crippen LogP contribution in [0.1, 0.15) is 78.1 Å². The number of rotatable bonds is 2. The van der Waals surface area contributed by atoms with Crippen molar-refractivity contribution in [3.8, 4) is 23.3 Å². The number of benzene rings is 2. The summed E-state index contributed by atoms with van der Waals surface area (Å²) in [5.41, 5.74) is 11.9. The van der Waals surface area contributed by atoms with Crippen molar-refractivity contribution >= 4 is 11.5 Å². The Morgan fingerprint density at radius 2 is 1.39 bits per heavy atom. The maximum atomic E-state index is 11.6. The van der Waals surface area contributed by atoms with Gasteiger partial charge in [0.2, 0.25) is 0 Å². The van der Waals surface area contributed by atoms with Gasteiger partial charge in [0, 0.05) is 11.1 Å². The molecule has 0 spiro atoms. The molecule has 0 aromatic heterocycles. The van der Waals surface area contributed by atoms with Crippen LogP contribution in [0.5, 0.6) is 0 Å². The van der Waals surface area contributed by atoms with E-state index in [-0.39, 0.29) is 11.5 Å². The van der Waals surface area contributed by atoms with Crippen molar-refractivity contribution in [1.82, 2.24) is 0 Å². The van der Waals surface area contributed by atoms with Gasteiger partial charge in [-0.1, -0.05) is 49.9 Å². The van der Waals surface area contributed by atoms with Crippen LogP contribution in [-0.2, 0) is 12.8 Å². The first kappa shape index (κ1) is 19.6. The zero-order valence-corrected chi connectivity index (χ0v) is 16.3.